The molecule has 0 amide bonds. The zero-order valence-corrected chi connectivity index (χ0v) is 10.6. The van der Waals surface area contributed by atoms with Crippen molar-refractivity contribution in [2.75, 3.05) is 0 Å². The van der Waals surface area contributed by atoms with E-state index in [-0.39, 0.29) is 17.8 Å². The van der Waals surface area contributed by atoms with E-state index in [0.717, 1.165) is 5.56 Å². The molecule has 0 aliphatic heterocycles. The van der Waals surface area contributed by atoms with E-state index in [1.165, 1.54) is 6.07 Å². The van der Waals surface area contributed by atoms with Gasteiger partial charge in [0.15, 0.2) is 0 Å². The molecule has 0 aromatic heterocycles. The monoisotopic (exact) mass is 274 g/mol. The van der Waals surface area contributed by atoms with Gasteiger partial charge in [-0.25, -0.2) is 4.39 Å². The molecule has 0 radical (unpaired) electrons. The van der Waals surface area contributed by atoms with Gasteiger partial charge in [0.2, 0.25) is 0 Å². The van der Waals surface area contributed by atoms with Gasteiger partial charge in [-0.05, 0) is 46.3 Å². The quantitative estimate of drug-likeness (QED) is 0.891. The summed E-state index contributed by atoms with van der Waals surface area (Å²) >= 11 is 3.21. The Morgan fingerprint density at radius 2 is 2.07 bits per heavy atom. The highest BCUT2D eigenvalue weighted by Gasteiger charge is 2.11. The second-order valence-electron chi connectivity index (χ2n) is 4.06. The first-order valence-electron chi connectivity index (χ1n) is 5.13. The minimum absolute atomic E-state index is 0.244. The highest BCUT2D eigenvalue weighted by atomic mass is 79.9. The lowest BCUT2D eigenvalue weighted by molar-refractivity contribution is 0.116. The predicted molar refractivity (Wildman–Crippen MR) is 63.3 cm³/mol. The van der Waals surface area contributed by atoms with Crippen LogP contribution in [0.15, 0.2) is 22.7 Å². The summed E-state index contributed by atoms with van der Waals surface area (Å²) in [5, 5.41) is 9.64. The second kappa shape index (κ2) is 5.61. The van der Waals surface area contributed by atoms with E-state index < -0.39 is 0 Å². The van der Waals surface area contributed by atoms with E-state index in [9.17, 15) is 9.50 Å². The fourth-order valence-corrected chi connectivity index (χ4v) is 1.84. The van der Waals surface area contributed by atoms with E-state index in [0.29, 0.717) is 17.3 Å². The molecular weight excluding hydrogens is 259 g/mol. The van der Waals surface area contributed by atoms with Crippen LogP contribution < -0.4 is 0 Å². The molecule has 1 aromatic rings. The summed E-state index contributed by atoms with van der Waals surface area (Å²) < 4.78 is 13.7. The van der Waals surface area contributed by atoms with Gasteiger partial charge in [-0.3, -0.25) is 0 Å². The van der Waals surface area contributed by atoms with Gasteiger partial charge < -0.3 is 5.11 Å². The van der Waals surface area contributed by atoms with Crippen molar-refractivity contribution in [3.05, 3.63) is 34.1 Å². The first-order valence-corrected chi connectivity index (χ1v) is 5.92. The Morgan fingerprint density at radius 1 is 1.40 bits per heavy atom. The van der Waals surface area contributed by atoms with Crippen molar-refractivity contribution in [3.8, 4) is 0 Å². The topological polar surface area (TPSA) is 20.2 Å². The first kappa shape index (κ1) is 12.7. The maximum absolute atomic E-state index is 13.2. The summed E-state index contributed by atoms with van der Waals surface area (Å²) in [6.07, 6.45) is 1.04. The van der Waals surface area contributed by atoms with E-state index >= 15 is 0 Å². The minimum Gasteiger partial charge on any atom is -0.393 e. The Hall–Kier alpha value is -0.410. The van der Waals surface area contributed by atoms with Crippen LogP contribution in [0.25, 0.3) is 0 Å². The highest BCUT2D eigenvalue weighted by Crippen LogP contribution is 2.22. The molecule has 0 bridgehead atoms. The molecule has 15 heavy (non-hydrogen) atoms. The van der Waals surface area contributed by atoms with Crippen LogP contribution in [0.3, 0.4) is 0 Å². The maximum Gasteiger partial charge on any atom is 0.137 e. The van der Waals surface area contributed by atoms with Crippen LogP contribution in [-0.2, 0) is 6.42 Å². The van der Waals surface area contributed by atoms with Crippen molar-refractivity contribution in [1.82, 2.24) is 0 Å². The highest BCUT2D eigenvalue weighted by molar-refractivity contribution is 9.10. The summed E-state index contributed by atoms with van der Waals surface area (Å²) in [7, 11) is 0. The Kier molecular flexibility index (Phi) is 4.74. The van der Waals surface area contributed by atoms with Crippen LogP contribution >= 0.6 is 15.9 Å². The molecule has 0 saturated heterocycles. The summed E-state index contributed by atoms with van der Waals surface area (Å²) in [6, 6.07) is 4.99. The lowest BCUT2D eigenvalue weighted by Crippen LogP contribution is -2.15. The van der Waals surface area contributed by atoms with Gasteiger partial charge in [0, 0.05) is 0 Å². The molecule has 1 N–H and O–H groups in total. The van der Waals surface area contributed by atoms with Crippen LogP contribution in [0.1, 0.15) is 25.8 Å². The van der Waals surface area contributed by atoms with Crippen LogP contribution in [0.4, 0.5) is 4.39 Å². The number of aryl methyl sites for hydroxylation is 1. The summed E-state index contributed by atoms with van der Waals surface area (Å²) in [5.74, 6) is 0.00358. The Morgan fingerprint density at radius 3 is 2.67 bits per heavy atom. The molecule has 1 unspecified atom stereocenters. The van der Waals surface area contributed by atoms with Crippen molar-refractivity contribution >= 4 is 15.9 Å². The molecule has 1 nitrogen and oxygen atoms in total. The standard InChI is InChI=1S/C12H16BrFO/c1-8(2)11(15)7-6-9-4-3-5-10(14)12(9)13/h3-5,8,11,15H,6-7H2,1-2H3. The molecule has 1 rings (SSSR count). The second-order valence-corrected chi connectivity index (χ2v) is 4.86. The van der Waals surface area contributed by atoms with Gasteiger partial charge in [0.25, 0.3) is 0 Å². The zero-order chi connectivity index (χ0) is 11.4. The van der Waals surface area contributed by atoms with Crippen LogP contribution in [0.2, 0.25) is 0 Å². The molecule has 0 fully saturated rings. The Labute approximate surface area is 98.4 Å². The van der Waals surface area contributed by atoms with E-state index in [1.807, 2.05) is 19.9 Å². The van der Waals surface area contributed by atoms with Gasteiger partial charge in [0.1, 0.15) is 5.82 Å². The van der Waals surface area contributed by atoms with Crippen molar-refractivity contribution in [2.45, 2.75) is 32.8 Å². The van der Waals surface area contributed by atoms with E-state index in [1.54, 1.807) is 6.07 Å². The third-order valence-corrected chi connectivity index (χ3v) is 3.40. The summed E-state index contributed by atoms with van der Waals surface area (Å²) in [6.45, 7) is 3.95. The minimum atomic E-state index is -0.319. The van der Waals surface area contributed by atoms with Crippen LogP contribution in [-0.4, -0.2) is 11.2 Å². The number of halogens is 2. The smallest absolute Gasteiger partial charge is 0.137 e. The van der Waals surface area contributed by atoms with Gasteiger partial charge in [-0.15, -0.1) is 0 Å². The van der Waals surface area contributed by atoms with Crippen LogP contribution in [0, 0.1) is 11.7 Å². The van der Waals surface area contributed by atoms with Crippen molar-refractivity contribution in [3.63, 3.8) is 0 Å². The van der Waals surface area contributed by atoms with Gasteiger partial charge in [-0.2, -0.15) is 0 Å². The van der Waals surface area contributed by atoms with Gasteiger partial charge in [0.05, 0.1) is 10.6 Å². The number of aliphatic hydroxyl groups excluding tert-OH is 1. The molecule has 1 atom stereocenters. The number of rotatable bonds is 4. The average Bonchev–Trinajstić information content (AvgIpc) is 2.19. The Balaban J connectivity index is 2.62. The molecule has 3 heteroatoms. The third-order valence-electron chi connectivity index (χ3n) is 2.51. The third kappa shape index (κ3) is 3.58. The Bertz CT molecular complexity index is 325. The molecule has 0 aliphatic carbocycles. The van der Waals surface area contributed by atoms with Crippen molar-refractivity contribution in [1.29, 1.82) is 0 Å². The normalized spacial score (nSPS) is 13.2. The number of aliphatic hydroxyl groups is 1. The van der Waals surface area contributed by atoms with Crippen molar-refractivity contribution in [2.24, 2.45) is 5.92 Å². The fourth-order valence-electron chi connectivity index (χ4n) is 1.38. The summed E-state index contributed by atoms with van der Waals surface area (Å²) in [5.41, 5.74) is 0.912. The molecule has 0 heterocycles. The summed E-state index contributed by atoms with van der Waals surface area (Å²) in [4.78, 5) is 0. The lowest BCUT2D eigenvalue weighted by Gasteiger charge is -2.14. The maximum atomic E-state index is 13.2. The number of benzene rings is 1. The largest absolute Gasteiger partial charge is 0.393 e. The lowest BCUT2D eigenvalue weighted by atomic mass is 9.99. The van der Waals surface area contributed by atoms with Gasteiger partial charge in [-0.1, -0.05) is 26.0 Å². The molecule has 1 aromatic carbocycles. The van der Waals surface area contributed by atoms with E-state index in [2.05, 4.69) is 15.9 Å². The molecular formula is C12H16BrFO. The van der Waals surface area contributed by atoms with E-state index in [4.69, 9.17) is 0 Å². The molecule has 0 saturated carbocycles. The average molecular weight is 275 g/mol. The molecule has 0 aliphatic rings. The number of hydrogen-bond acceptors (Lipinski definition) is 1. The molecule has 84 valence electrons. The fraction of sp³-hybridized carbons (Fsp3) is 0.500. The van der Waals surface area contributed by atoms with Crippen molar-refractivity contribution < 1.29 is 9.50 Å². The first-order chi connectivity index (χ1) is 7.02. The van der Waals surface area contributed by atoms with Gasteiger partial charge >= 0.3 is 0 Å². The predicted octanol–water partition coefficient (Wildman–Crippen LogP) is 3.54. The molecule has 0 spiro atoms. The SMILES string of the molecule is CC(C)C(O)CCc1cccc(F)c1Br. The number of hydrogen-bond donors (Lipinski definition) is 1. The van der Waals surface area contributed by atoms with Crippen LogP contribution in [0.5, 0.6) is 0 Å². The zero-order valence-electron chi connectivity index (χ0n) is 9.00.